The normalized spacial score (nSPS) is 13.7. The van der Waals surface area contributed by atoms with Gasteiger partial charge < -0.3 is 0 Å². The fraction of sp³-hybridized carbons (Fsp3) is 0.417. The highest BCUT2D eigenvalue weighted by atomic mass is 19.4. The third kappa shape index (κ3) is 3.22. The standard InChI is InChI=1S/C24H26F3N3/c1-13-10-18-17(11-15(13)24(25,26)27)29-21-14-8-9-19(22(2,3)4)28-16(14)12-20(30(18)21)23(5,6)7/h8-12H,1-7H3. The van der Waals surface area contributed by atoms with Crippen LogP contribution in [-0.2, 0) is 17.0 Å². The van der Waals surface area contributed by atoms with Gasteiger partial charge >= 0.3 is 6.18 Å². The first-order chi connectivity index (χ1) is 13.7. The van der Waals surface area contributed by atoms with Crippen LogP contribution in [0.5, 0.6) is 0 Å². The lowest BCUT2D eigenvalue weighted by Gasteiger charge is -2.23. The van der Waals surface area contributed by atoms with Gasteiger partial charge in [-0.3, -0.25) is 9.38 Å². The van der Waals surface area contributed by atoms with E-state index in [2.05, 4.69) is 46.5 Å². The molecule has 4 rings (SSSR count). The van der Waals surface area contributed by atoms with Gasteiger partial charge in [0.2, 0.25) is 0 Å². The summed E-state index contributed by atoms with van der Waals surface area (Å²) < 4.78 is 42.4. The average molecular weight is 413 g/mol. The van der Waals surface area contributed by atoms with E-state index in [0.29, 0.717) is 16.7 Å². The molecule has 30 heavy (non-hydrogen) atoms. The summed E-state index contributed by atoms with van der Waals surface area (Å²) in [6.07, 6.45) is -4.41. The molecule has 0 bridgehead atoms. The van der Waals surface area contributed by atoms with Gasteiger partial charge in [-0.15, -0.1) is 0 Å². The van der Waals surface area contributed by atoms with Crippen LogP contribution in [0.1, 0.15) is 64.1 Å². The predicted molar refractivity (Wildman–Crippen MR) is 115 cm³/mol. The van der Waals surface area contributed by atoms with Gasteiger partial charge in [-0.2, -0.15) is 13.2 Å². The molecular weight excluding hydrogens is 387 g/mol. The molecule has 3 heterocycles. The summed E-state index contributed by atoms with van der Waals surface area (Å²) in [5.41, 5.74) is 3.58. The van der Waals surface area contributed by atoms with E-state index >= 15 is 0 Å². The van der Waals surface area contributed by atoms with Crippen LogP contribution in [-0.4, -0.2) is 14.4 Å². The number of hydrogen-bond donors (Lipinski definition) is 0. The SMILES string of the molecule is Cc1cc2c(cc1C(F)(F)F)nc1c3ccc(C(C)(C)C)nc3cc(C(C)(C)C)n21. The highest BCUT2D eigenvalue weighted by molar-refractivity contribution is 5.97. The van der Waals surface area contributed by atoms with E-state index in [1.54, 1.807) is 6.07 Å². The van der Waals surface area contributed by atoms with Gasteiger partial charge in [-0.1, -0.05) is 41.5 Å². The van der Waals surface area contributed by atoms with Crippen molar-refractivity contribution in [1.82, 2.24) is 14.4 Å². The van der Waals surface area contributed by atoms with Gasteiger partial charge in [0.15, 0.2) is 0 Å². The Labute approximate surface area is 173 Å². The summed E-state index contributed by atoms with van der Waals surface area (Å²) in [7, 11) is 0. The Bertz CT molecular complexity index is 1300. The van der Waals surface area contributed by atoms with Crippen molar-refractivity contribution in [2.45, 2.75) is 65.5 Å². The number of rotatable bonds is 0. The predicted octanol–water partition coefficient (Wildman–Crippen LogP) is 6.96. The molecule has 3 aromatic heterocycles. The Morgan fingerprint density at radius 2 is 1.47 bits per heavy atom. The van der Waals surface area contributed by atoms with E-state index in [0.717, 1.165) is 28.4 Å². The van der Waals surface area contributed by atoms with Crippen molar-refractivity contribution in [2.75, 3.05) is 0 Å². The molecule has 3 nitrogen and oxygen atoms in total. The van der Waals surface area contributed by atoms with Crippen molar-refractivity contribution in [3.63, 3.8) is 0 Å². The van der Waals surface area contributed by atoms with Crippen LogP contribution in [0.4, 0.5) is 13.2 Å². The lowest BCUT2D eigenvalue weighted by Crippen LogP contribution is -2.17. The second-order valence-electron chi connectivity index (χ2n) is 10.1. The minimum absolute atomic E-state index is 0.110. The molecule has 0 aliphatic carbocycles. The molecule has 6 heteroatoms. The van der Waals surface area contributed by atoms with Crippen molar-refractivity contribution in [2.24, 2.45) is 0 Å². The third-order valence-electron chi connectivity index (χ3n) is 5.52. The van der Waals surface area contributed by atoms with Crippen LogP contribution >= 0.6 is 0 Å². The summed E-state index contributed by atoms with van der Waals surface area (Å²) in [6, 6.07) is 8.76. The van der Waals surface area contributed by atoms with Crippen molar-refractivity contribution < 1.29 is 13.2 Å². The van der Waals surface area contributed by atoms with E-state index in [4.69, 9.17) is 4.98 Å². The number of imidazole rings is 1. The lowest BCUT2D eigenvalue weighted by atomic mass is 9.89. The Morgan fingerprint density at radius 1 is 0.800 bits per heavy atom. The summed E-state index contributed by atoms with van der Waals surface area (Å²) >= 11 is 0. The van der Waals surface area contributed by atoms with Crippen LogP contribution < -0.4 is 0 Å². The number of benzene rings is 1. The Balaban J connectivity index is 2.18. The number of halogens is 3. The van der Waals surface area contributed by atoms with Crippen molar-refractivity contribution in [3.8, 4) is 0 Å². The van der Waals surface area contributed by atoms with Gasteiger partial charge in [0.1, 0.15) is 5.65 Å². The van der Waals surface area contributed by atoms with Crippen molar-refractivity contribution >= 4 is 27.6 Å². The summed E-state index contributed by atoms with van der Waals surface area (Å²) in [5.74, 6) is 0. The second kappa shape index (κ2) is 6.19. The number of aromatic nitrogens is 3. The van der Waals surface area contributed by atoms with Gasteiger partial charge in [-0.25, -0.2) is 4.98 Å². The molecular formula is C24H26F3N3. The number of nitrogens with zero attached hydrogens (tertiary/aromatic N) is 3. The molecule has 0 radical (unpaired) electrons. The molecule has 158 valence electrons. The van der Waals surface area contributed by atoms with Gasteiger partial charge in [-0.05, 0) is 42.8 Å². The maximum absolute atomic E-state index is 13.5. The first-order valence-corrected chi connectivity index (χ1v) is 10.0. The molecule has 0 aliphatic heterocycles. The summed E-state index contributed by atoms with van der Waals surface area (Å²) in [6.45, 7) is 14.1. The van der Waals surface area contributed by atoms with E-state index < -0.39 is 11.7 Å². The fourth-order valence-electron chi connectivity index (χ4n) is 3.90. The highest BCUT2D eigenvalue weighted by Crippen LogP contribution is 2.37. The van der Waals surface area contributed by atoms with Crippen LogP contribution in [0.2, 0.25) is 0 Å². The molecule has 0 N–H and O–H groups in total. The minimum Gasteiger partial charge on any atom is -0.295 e. The average Bonchev–Trinajstić information content (AvgIpc) is 2.96. The summed E-state index contributed by atoms with van der Waals surface area (Å²) in [4.78, 5) is 9.53. The zero-order valence-corrected chi connectivity index (χ0v) is 18.4. The molecule has 0 unspecified atom stereocenters. The Hall–Kier alpha value is -2.63. The lowest BCUT2D eigenvalue weighted by molar-refractivity contribution is -0.137. The Morgan fingerprint density at radius 3 is 2.03 bits per heavy atom. The largest absolute Gasteiger partial charge is 0.416 e. The van der Waals surface area contributed by atoms with E-state index in [-0.39, 0.29) is 16.4 Å². The zero-order chi connectivity index (χ0) is 22.2. The van der Waals surface area contributed by atoms with Gasteiger partial charge in [0, 0.05) is 27.6 Å². The fourth-order valence-corrected chi connectivity index (χ4v) is 3.90. The molecule has 0 amide bonds. The zero-order valence-electron chi connectivity index (χ0n) is 18.4. The van der Waals surface area contributed by atoms with Crippen LogP contribution in [0.15, 0.2) is 30.3 Å². The van der Waals surface area contributed by atoms with Crippen molar-refractivity contribution in [3.05, 3.63) is 52.8 Å². The number of alkyl halides is 3. The number of pyridine rings is 2. The van der Waals surface area contributed by atoms with Crippen LogP contribution in [0.25, 0.3) is 27.6 Å². The molecule has 0 saturated heterocycles. The Kier molecular flexibility index (Phi) is 4.26. The molecule has 0 spiro atoms. The molecule has 1 aromatic carbocycles. The summed E-state index contributed by atoms with van der Waals surface area (Å²) in [5, 5.41) is 0.832. The first kappa shape index (κ1) is 20.6. The van der Waals surface area contributed by atoms with Crippen LogP contribution in [0.3, 0.4) is 0 Å². The molecule has 0 saturated carbocycles. The van der Waals surface area contributed by atoms with E-state index in [1.165, 1.54) is 6.92 Å². The second-order valence-corrected chi connectivity index (χ2v) is 10.1. The third-order valence-corrected chi connectivity index (χ3v) is 5.52. The number of hydrogen-bond acceptors (Lipinski definition) is 2. The first-order valence-electron chi connectivity index (χ1n) is 10.0. The van der Waals surface area contributed by atoms with Gasteiger partial charge in [0.05, 0.1) is 22.1 Å². The van der Waals surface area contributed by atoms with E-state index in [9.17, 15) is 13.2 Å². The quantitative estimate of drug-likeness (QED) is 0.312. The van der Waals surface area contributed by atoms with Crippen LogP contribution in [0, 0.1) is 6.92 Å². The van der Waals surface area contributed by atoms with E-state index in [1.807, 2.05) is 22.6 Å². The minimum atomic E-state index is -4.41. The molecule has 0 aliphatic rings. The van der Waals surface area contributed by atoms with Crippen molar-refractivity contribution in [1.29, 1.82) is 0 Å². The monoisotopic (exact) mass is 413 g/mol. The van der Waals surface area contributed by atoms with Gasteiger partial charge in [0.25, 0.3) is 0 Å². The molecule has 0 fully saturated rings. The topological polar surface area (TPSA) is 30.2 Å². The number of aryl methyl sites for hydroxylation is 1. The molecule has 0 atom stereocenters. The smallest absolute Gasteiger partial charge is 0.295 e. The maximum atomic E-state index is 13.5. The molecule has 4 aromatic rings. The maximum Gasteiger partial charge on any atom is 0.416 e. The number of fused-ring (bicyclic) bond motifs is 5. The highest BCUT2D eigenvalue weighted by Gasteiger charge is 2.33.